The van der Waals surface area contributed by atoms with Gasteiger partial charge in [-0.25, -0.2) is 0 Å². The monoisotopic (exact) mass is 374 g/mol. The van der Waals surface area contributed by atoms with Crippen molar-refractivity contribution in [1.82, 2.24) is 14.8 Å². The van der Waals surface area contributed by atoms with Crippen molar-refractivity contribution in [1.29, 1.82) is 0 Å². The summed E-state index contributed by atoms with van der Waals surface area (Å²) in [7, 11) is 0. The fraction of sp³-hybridized carbons (Fsp3) is 0.684. The van der Waals surface area contributed by atoms with Gasteiger partial charge in [0.1, 0.15) is 5.82 Å². The number of hydrogen-bond acceptors (Lipinski definition) is 6. The third-order valence-corrected chi connectivity index (χ3v) is 6.82. The summed E-state index contributed by atoms with van der Waals surface area (Å²) in [5.74, 6) is 2.48. The fourth-order valence-electron chi connectivity index (χ4n) is 4.51. The van der Waals surface area contributed by atoms with Crippen molar-refractivity contribution >= 4 is 17.3 Å². The van der Waals surface area contributed by atoms with Crippen molar-refractivity contribution in [2.75, 3.05) is 31.3 Å². The van der Waals surface area contributed by atoms with Gasteiger partial charge in [0.25, 0.3) is 0 Å². The van der Waals surface area contributed by atoms with E-state index in [1.807, 2.05) is 11.3 Å². The zero-order chi connectivity index (χ0) is 17.3. The van der Waals surface area contributed by atoms with E-state index in [0.29, 0.717) is 12.0 Å². The molecular formula is C19H26N4O2S. The topological polar surface area (TPSA) is 52.4 Å². The van der Waals surface area contributed by atoms with E-state index in [2.05, 4.69) is 37.2 Å². The van der Waals surface area contributed by atoms with E-state index in [1.165, 1.54) is 17.7 Å². The Kier molecular flexibility index (Phi) is 4.69. The Bertz CT molecular complexity index is 720. The summed E-state index contributed by atoms with van der Waals surface area (Å²) in [4.78, 5) is 3.90. The SMILES string of the molecule is c1csc(C2CCCN2c2nnc(C3CCOC3)n2CC2CCCO2)c1. The van der Waals surface area contributed by atoms with Gasteiger partial charge < -0.3 is 14.4 Å². The Balaban J connectivity index is 1.48. The first kappa shape index (κ1) is 16.7. The molecule has 2 aromatic rings. The van der Waals surface area contributed by atoms with Gasteiger partial charge in [-0.1, -0.05) is 6.07 Å². The maximum Gasteiger partial charge on any atom is 0.227 e. The quantitative estimate of drug-likeness (QED) is 0.803. The number of anilines is 1. The smallest absolute Gasteiger partial charge is 0.227 e. The lowest BCUT2D eigenvalue weighted by molar-refractivity contribution is 0.0960. The van der Waals surface area contributed by atoms with Gasteiger partial charge >= 0.3 is 0 Å². The third-order valence-electron chi connectivity index (χ3n) is 5.85. The summed E-state index contributed by atoms with van der Waals surface area (Å²) >= 11 is 1.85. The summed E-state index contributed by atoms with van der Waals surface area (Å²) in [6.45, 7) is 4.38. The Labute approximate surface area is 158 Å². The number of aromatic nitrogens is 3. The van der Waals surface area contributed by atoms with E-state index in [4.69, 9.17) is 9.47 Å². The molecule has 3 unspecified atom stereocenters. The van der Waals surface area contributed by atoms with Crippen LogP contribution in [0, 0.1) is 0 Å². The van der Waals surface area contributed by atoms with Crippen LogP contribution in [0.3, 0.4) is 0 Å². The summed E-state index contributed by atoms with van der Waals surface area (Å²) in [5.41, 5.74) is 0. The molecule has 0 aliphatic carbocycles. The molecule has 3 fully saturated rings. The Morgan fingerprint density at radius 2 is 2.15 bits per heavy atom. The van der Waals surface area contributed by atoms with Crippen LogP contribution in [0.4, 0.5) is 5.95 Å². The van der Waals surface area contributed by atoms with Crippen LogP contribution in [0.15, 0.2) is 17.5 Å². The highest BCUT2D eigenvalue weighted by molar-refractivity contribution is 7.10. The van der Waals surface area contributed by atoms with Crippen LogP contribution < -0.4 is 4.90 Å². The number of thiophene rings is 1. The molecule has 7 heteroatoms. The predicted molar refractivity (Wildman–Crippen MR) is 101 cm³/mol. The fourth-order valence-corrected chi connectivity index (χ4v) is 5.38. The maximum absolute atomic E-state index is 5.94. The lowest BCUT2D eigenvalue weighted by atomic mass is 10.1. The molecule has 0 N–H and O–H groups in total. The molecule has 2 aromatic heterocycles. The van der Waals surface area contributed by atoms with Crippen molar-refractivity contribution in [3.8, 4) is 0 Å². The van der Waals surface area contributed by atoms with Gasteiger partial charge in [-0.3, -0.25) is 4.57 Å². The second kappa shape index (κ2) is 7.29. The van der Waals surface area contributed by atoms with E-state index < -0.39 is 0 Å². The van der Waals surface area contributed by atoms with Gasteiger partial charge in [0.2, 0.25) is 5.95 Å². The molecule has 0 amide bonds. The number of rotatable bonds is 5. The van der Waals surface area contributed by atoms with Gasteiger partial charge in [0.15, 0.2) is 0 Å². The molecule has 0 aromatic carbocycles. The van der Waals surface area contributed by atoms with Gasteiger partial charge in [-0.15, -0.1) is 21.5 Å². The second-order valence-corrected chi connectivity index (χ2v) is 8.51. The zero-order valence-electron chi connectivity index (χ0n) is 15.0. The summed E-state index contributed by atoms with van der Waals surface area (Å²) < 4.78 is 13.9. The lowest BCUT2D eigenvalue weighted by Gasteiger charge is -2.26. The minimum absolute atomic E-state index is 0.286. The first-order chi connectivity index (χ1) is 12.9. The molecule has 6 nitrogen and oxygen atoms in total. The first-order valence-electron chi connectivity index (χ1n) is 9.82. The van der Waals surface area contributed by atoms with E-state index in [0.717, 1.165) is 63.9 Å². The molecule has 140 valence electrons. The minimum atomic E-state index is 0.286. The first-order valence-corrected chi connectivity index (χ1v) is 10.7. The van der Waals surface area contributed by atoms with Crippen molar-refractivity contribution in [2.24, 2.45) is 0 Å². The van der Waals surface area contributed by atoms with Crippen LogP contribution in [0.5, 0.6) is 0 Å². The highest BCUT2D eigenvalue weighted by Crippen LogP contribution is 2.38. The molecule has 0 radical (unpaired) electrons. The summed E-state index contributed by atoms with van der Waals surface area (Å²) in [6.07, 6.45) is 6.01. The molecule has 3 saturated heterocycles. The Morgan fingerprint density at radius 3 is 2.92 bits per heavy atom. The summed E-state index contributed by atoms with van der Waals surface area (Å²) in [6, 6.07) is 4.82. The second-order valence-electron chi connectivity index (χ2n) is 7.53. The van der Waals surface area contributed by atoms with Crippen LogP contribution in [0.1, 0.15) is 54.8 Å². The van der Waals surface area contributed by atoms with Crippen LogP contribution in [0.25, 0.3) is 0 Å². The summed E-state index contributed by atoms with van der Waals surface area (Å²) in [5, 5.41) is 11.5. The van der Waals surface area contributed by atoms with Crippen LogP contribution in [-0.4, -0.2) is 47.2 Å². The molecule has 0 saturated carbocycles. The van der Waals surface area contributed by atoms with Crippen molar-refractivity contribution in [3.05, 3.63) is 28.2 Å². The average molecular weight is 375 g/mol. The predicted octanol–water partition coefficient (Wildman–Crippen LogP) is 3.36. The molecule has 3 aliphatic heterocycles. The van der Waals surface area contributed by atoms with Crippen LogP contribution in [0.2, 0.25) is 0 Å². The zero-order valence-corrected chi connectivity index (χ0v) is 15.9. The van der Waals surface area contributed by atoms with Gasteiger partial charge in [-0.05, 0) is 43.6 Å². The molecule has 5 heterocycles. The normalized spacial score (nSPS) is 29.1. The van der Waals surface area contributed by atoms with Crippen LogP contribution >= 0.6 is 11.3 Å². The number of nitrogens with zero attached hydrogens (tertiary/aromatic N) is 4. The lowest BCUT2D eigenvalue weighted by Crippen LogP contribution is -2.28. The van der Waals surface area contributed by atoms with E-state index in [9.17, 15) is 0 Å². The van der Waals surface area contributed by atoms with Crippen molar-refractivity contribution in [2.45, 2.75) is 56.7 Å². The third kappa shape index (κ3) is 3.06. The molecular weight excluding hydrogens is 348 g/mol. The van der Waals surface area contributed by atoms with Gasteiger partial charge in [-0.2, -0.15) is 0 Å². The molecule has 3 aliphatic rings. The number of ether oxygens (including phenoxy) is 2. The van der Waals surface area contributed by atoms with E-state index >= 15 is 0 Å². The highest BCUT2D eigenvalue weighted by atomic mass is 32.1. The van der Waals surface area contributed by atoms with Crippen molar-refractivity contribution < 1.29 is 9.47 Å². The van der Waals surface area contributed by atoms with Crippen molar-refractivity contribution in [3.63, 3.8) is 0 Å². The average Bonchev–Trinajstić information content (AvgIpc) is 3.44. The molecule has 0 bridgehead atoms. The Morgan fingerprint density at radius 1 is 1.15 bits per heavy atom. The molecule has 3 atom stereocenters. The maximum atomic E-state index is 5.94. The Hall–Kier alpha value is -1.44. The van der Waals surface area contributed by atoms with Gasteiger partial charge in [0, 0.05) is 30.6 Å². The molecule has 26 heavy (non-hydrogen) atoms. The largest absolute Gasteiger partial charge is 0.381 e. The minimum Gasteiger partial charge on any atom is -0.381 e. The van der Waals surface area contributed by atoms with Crippen LogP contribution in [-0.2, 0) is 16.0 Å². The number of hydrogen-bond donors (Lipinski definition) is 0. The van der Waals surface area contributed by atoms with Gasteiger partial charge in [0.05, 0.1) is 25.3 Å². The van der Waals surface area contributed by atoms with E-state index in [-0.39, 0.29) is 6.10 Å². The standard InChI is InChI=1S/C19H26N4O2S/c1-5-16(17-6-3-11-26-17)22(8-1)19-21-20-18(14-7-10-24-13-14)23(19)12-15-4-2-9-25-15/h3,6,11,14-16H,1-2,4-5,7-10,12-13H2. The van der Waals surface area contributed by atoms with E-state index in [1.54, 1.807) is 0 Å². The molecule has 5 rings (SSSR count). The highest BCUT2D eigenvalue weighted by Gasteiger charge is 2.34. The molecule has 0 spiro atoms.